The van der Waals surface area contributed by atoms with Crippen molar-refractivity contribution >= 4 is 71.4 Å². The van der Waals surface area contributed by atoms with Crippen LogP contribution in [0.25, 0.3) is 10.2 Å². The van der Waals surface area contributed by atoms with Gasteiger partial charge in [-0.1, -0.05) is 13.0 Å². The van der Waals surface area contributed by atoms with E-state index in [1.54, 1.807) is 16.2 Å². The number of carbonyl (C=O) groups is 1. The third-order valence-corrected chi connectivity index (χ3v) is 7.93. The Morgan fingerprint density at radius 2 is 2.19 bits per heavy atom. The monoisotopic (exact) mass is 488 g/mol. The standard InChI is InChI=1S/C18H21BrN2O3S3/c1-5-11(22)14-12(19)13-15(26-14)16(27-20-13)21(9-10-7-6-8-25-10)17(23)24-18(2,3)4/h6-8,11,22H,5,9H2,1-4H3. The van der Waals surface area contributed by atoms with Gasteiger partial charge in [-0.2, -0.15) is 4.37 Å². The van der Waals surface area contributed by atoms with Crippen molar-refractivity contribution in [2.24, 2.45) is 0 Å². The number of aliphatic hydroxyl groups excluding tert-OH is 1. The van der Waals surface area contributed by atoms with Gasteiger partial charge in [0.1, 0.15) is 16.1 Å². The molecule has 0 spiro atoms. The van der Waals surface area contributed by atoms with Crippen molar-refractivity contribution in [2.45, 2.75) is 52.4 Å². The molecule has 3 heterocycles. The summed E-state index contributed by atoms with van der Waals surface area (Å²) < 4.78 is 11.9. The molecule has 3 aromatic heterocycles. The number of nitrogens with zero attached hydrogens (tertiary/aromatic N) is 2. The van der Waals surface area contributed by atoms with Crippen molar-refractivity contribution in [3.05, 3.63) is 31.7 Å². The summed E-state index contributed by atoms with van der Waals surface area (Å²) in [4.78, 5) is 16.5. The lowest BCUT2D eigenvalue weighted by Gasteiger charge is -2.26. The fourth-order valence-corrected chi connectivity index (χ4v) is 6.40. The fraction of sp³-hybridized carbons (Fsp3) is 0.444. The molecule has 1 amide bonds. The van der Waals surface area contributed by atoms with Gasteiger partial charge < -0.3 is 9.84 Å². The molecular weight excluding hydrogens is 468 g/mol. The van der Waals surface area contributed by atoms with Crippen LogP contribution >= 0.6 is 50.1 Å². The molecule has 0 radical (unpaired) electrons. The molecule has 5 nitrogen and oxygen atoms in total. The van der Waals surface area contributed by atoms with Crippen LogP contribution in [0.3, 0.4) is 0 Å². The van der Waals surface area contributed by atoms with Gasteiger partial charge in [0, 0.05) is 4.88 Å². The van der Waals surface area contributed by atoms with Crippen LogP contribution in [0.15, 0.2) is 22.0 Å². The van der Waals surface area contributed by atoms with E-state index >= 15 is 0 Å². The highest BCUT2D eigenvalue weighted by atomic mass is 79.9. The summed E-state index contributed by atoms with van der Waals surface area (Å²) in [6.45, 7) is 7.92. The number of fused-ring (bicyclic) bond motifs is 1. The molecule has 3 rings (SSSR count). The highest BCUT2D eigenvalue weighted by Gasteiger charge is 2.29. The quantitative estimate of drug-likeness (QED) is 0.441. The van der Waals surface area contributed by atoms with Gasteiger partial charge in [0.25, 0.3) is 0 Å². The largest absolute Gasteiger partial charge is 0.443 e. The Balaban J connectivity index is 2.04. The zero-order valence-electron chi connectivity index (χ0n) is 15.5. The van der Waals surface area contributed by atoms with E-state index in [1.807, 2.05) is 45.2 Å². The van der Waals surface area contributed by atoms with E-state index in [0.29, 0.717) is 13.0 Å². The molecule has 0 aliphatic heterocycles. The average molecular weight is 489 g/mol. The van der Waals surface area contributed by atoms with Gasteiger partial charge in [-0.05, 0) is 66.1 Å². The highest BCUT2D eigenvalue weighted by molar-refractivity contribution is 9.10. The van der Waals surface area contributed by atoms with E-state index in [4.69, 9.17) is 4.74 Å². The van der Waals surface area contributed by atoms with E-state index in [-0.39, 0.29) is 0 Å². The highest BCUT2D eigenvalue weighted by Crippen LogP contribution is 2.46. The third kappa shape index (κ3) is 4.54. The summed E-state index contributed by atoms with van der Waals surface area (Å²) in [5.74, 6) is 0. The number of halogens is 1. The number of carbonyl (C=O) groups excluding carboxylic acids is 1. The number of hydrogen-bond donors (Lipinski definition) is 1. The Labute approximate surface area is 178 Å². The molecule has 146 valence electrons. The van der Waals surface area contributed by atoms with E-state index in [9.17, 15) is 9.90 Å². The number of ether oxygens (including phenoxy) is 1. The van der Waals surface area contributed by atoms with Crippen LogP contribution in [0.4, 0.5) is 9.80 Å². The predicted molar refractivity (Wildman–Crippen MR) is 117 cm³/mol. The first-order valence-electron chi connectivity index (χ1n) is 8.49. The molecule has 0 aromatic carbocycles. The van der Waals surface area contributed by atoms with Gasteiger partial charge in [-0.3, -0.25) is 4.90 Å². The lowest BCUT2D eigenvalue weighted by Crippen LogP contribution is -2.36. The van der Waals surface area contributed by atoms with Crippen molar-refractivity contribution in [1.29, 1.82) is 0 Å². The molecule has 1 atom stereocenters. The van der Waals surface area contributed by atoms with E-state index in [2.05, 4.69) is 20.3 Å². The summed E-state index contributed by atoms with van der Waals surface area (Å²) in [6.07, 6.45) is -0.335. The van der Waals surface area contributed by atoms with Crippen molar-refractivity contribution in [3.8, 4) is 0 Å². The molecule has 9 heteroatoms. The smallest absolute Gasteiger partial charge is 0.415 e. The summed E-state index contributed by atoms with van der Waals surface area (Å²) >= 11 is 7.90. The van der Waals surface area contributed by atoms with E-state index in [1.165, 1.54) is 22.9 Å². The van der Waals surface area contributed by atoms with Crippen LogP contribution in [0.2, 0.25) is 0 Å². The molecule has 0 aliphatic rings. The zero-order chi connectivity index (χ0) is 19.8. The van der Waals surface area contributed by atoms with Crippen LogP contribution < -0.4 is 4.90 Å². The summed E-state index contributed by atoms with van der Waals surface area (Å²) in [5.41, 5.74) is 0.191. The molecule has 3 aromatic rings. The lowest BCUT2D eigenvalue weighted by molar-refractivity contribution is 0.0579. The predicted octanol–water partition coefficient (Wildman–Crippen LogP) is 6.57. The van der Waals surface area contributed by atoms with Gasteiger partial charge in [-0.25, -0.2) is 4.79 Å². The maximum atomic E-state index is 12.9. The molecule has 0 fully saturated rings. The Kier molecular flexibility index (Phi) is 6.27. The Morgan fingerprint density at radius 1 is 1.44 bits per heavy atom. The van der Waals surface area contributed by atoms with Crippen LogP contribution in [-0.2, 0) is 11.3 Å². The first-order chi connectivity index (χ1) is 12.7. The van der Waals surface area contributed by atoms with Crippen molar-refractivity contribution < 1.29 is 14.6 Å². The third-order valence-electron chi connectivity index (χ3n) is 3.71. The maximum Gasteiger partial charge on any atom is 0.415 e. The Morgan fingerprint density at radius 3 is 2.78 bits per heavy atom. The molecule has 0 saturated carbocycles. The summed E-state index contributed by atoms with van der Waals surface area (Å²) in [6, 6.07) is 3.96. The Hall–Kier alpha value is -1.00. The van der Waals surface area contributed by atoms with Crippen LogP contribution in [0.1, 0.15) is 50.0 Å². The SMILES string of the molecule is CCC(O)c1sc2c(N(Cc3cccs3)C(=O)OC(C)(C)C)snc2c1Br. The summed E-state index contributed by atoms with van der Waals surface area (Å²) in [5, 5.41) is 13.0. The average Bonchev–Trinajstić information content (AvgIpc) is 3.29. The second-order valence-electron chi connectivity index (χ2n) is 7.02. The van der Waals surface area contributed by atoms with Crippen LogP contribution in [-0.4, -0.2) is 21.2 Å². The molecule has 27 heavy (non-hydrogen) atoms. The first-order valence-corrected chi connectivity index (χ1v) is 11.8. The van der Waals surface area contributed by atoms with Crippen LogP contribution in [0.5, 0.6) is 0 Å². The molecule has 1 N–H and O–H groups in total. The van der Waals surface area contributed by atoms with Gasteiger partial charge in [0.05, 0.1) is 26.7 Å². The normalized spacial score (nSPS) is 13.1. The first kappa shape index (κ1) is 20.7. The van der Waals surface area contributed by atoms with Gasteiger partial charge in [0.2, 0.25) is 0 Å². The lowest BCUT2D eigenvalue weighted by atomic mass is 10.2. The van der Waals surface area contributed by atoms with Gasteiger partial charge >= 0.3 is 6.09 Å². The number of anilines is 1. The van der Waals surface area contributed by atoms with Crippen molar-refractivity contribution in [1.82, 2.24) is 4.37 Å². The van der Waals surface area contributed by atoms with Crippen molar-refractivity contribution in [2.75, 3.05) is 4.90 Å². The van der Waals surface area contributed by atoms with Gasteiger partial charge in [0.15, 0.2) is 0 Å². The number of amides is 1. The number of rotatable bonds is 5. The Bertz CT molecular complexity index is 928. The minimum atomic E-state index is -0.589. The van der Waals surface area contributed by atoms with Gasteiger partial charge in [-0.15, -0.1) is 22.7 Å². The van der Waals surface area contributed by atoms with Crippen molar-refractivity contribution in [3.63, 3.8) is 0 Å². The molecule has 0 aliphatic carbocycles. The second-order valence-corrected chi connectivity index (χ2v) is 10.6. The topological polar surface area (TPSA) is 62.7 Å². The second kappa shape index (κ2) is 8.16. The maximum absolute atomic E-state index is 12.9. The number of aromatic nitrogens is 1. The van der Waals surface area contributed by atoms with Crippen LogP contribution in [0, 0.1) is 0 Å². The fourth-order valence-electron chi connectivity index (χ4n) is 2.44. The number of aliphatic hydroxyl groups is 1. The number of thiophene rings is 2. The molecule has 0 bridgehead atoms. The minimum Gasteiger partial charge on any atom is -0.443 e. The minimum absolute atomic E-state index is 0.399. The molecule has 0 saturated heterocycles. The van der Waals surface area contributed by atoms with E-state index < -0.39 is 17.8 Å². The zero-order valence-corrected chi connectivity index (χ0v) is 19.5. The number of hydrogen-bond acceptors (Lipinski definition) is 7. The van der Waals surface area contributed by atoms with E-state index in [0.717, 1.165) is 29.4 Å². The summed E-state index contributed by atoms with van der Waals surface area (Å²) in [7, 11) is 0. The molecular formula is C18H21BrN2O3S3. The molecule has 1 unspecified atom stereocenters.